The minimum absolute atomic E-state index is 0.195. The number of aromatic nitrogens is 2. The van der Waals surface area contributed by atoms with Gasteiger partial charge in [-0.25, -0.2) is 0 Å². The van der Waals surface area contributed by atoms with E-state index in [1.807, 2.05) is 0 Å². The molecule has 2 aromatic carbocycles. The third kappa shape index (κ3) is 1.59. The Bertz CT molecular complexity index is 1060. The molecule has 3 heterocycles. The van der Waals surface area contributed by atoms with Crippen molar-refractivity contribution >= 4 is 0 Å². The summed E-state index contributed by atoms with van der Waals surface area (Å²) in [4.78, 5) is 0. The lowest BCUT2D eigenvalue weighted by Gasteiger charge is -2.11. The molecule has 0 spiro atoms. The van der Waals surface area contributed by atoms with Crippen molar-refractivity contribution in [3.05, 3.63) is 76.1 Å². The van der Waals surface area contributed by atoms with Gasteiger partial charge in [-0.2, -0.15) is 9.13 Å². The van der Waals surface area contributed by atoms with E-state index in [0.717, 1.165) is 24.6 Å². The lowest BCUT2D eigenvalue weighted by atomic mass is 10.0. The zero-order valence-electron chi connectivity index (χ0n) is 15.5. The predicted molar refractivity (Wildman–Crippen MR) is 99.5 cm³/mol. The Labute approximate surface area is 158 Å². The Hall–Kier alpha value is -2.75. The molecule has 4 nitrogen and oxygen atoms in total. The standard InChI is InChI=1S/C23H21N2O2/c1-12-5-3-7-14-9-16-20(18(12)14)24-11-25-21-17(27-23(25)22(24)26-16)10-15-8-4-6-13(2)19(15)21/h3-8,11,16-17,20-21H,9-10H2,1-2H3/q+1/t16-,17-,20-,21-/m0/s1. The van der Waals surface area contributed by atoms with Gasteiger partial charge >= 0.3 is 11.8 Å². The van der Waals surface area contributed by atoms with Crippen LogP contribution in [0.5, 0.6) is 11.8 Å². The SMILES string of the molecule is Cc1cccc2c1[C@@H]1[C@H](C2)Oc2c3[n+](cn21)[C@@H]1c2c(C)cccc2C[C@@H]1O3. The van der Waals surface area contributed by atoms with Gasteiger partial charge in [-0.3, -0.25) is 0 Å². The largest absolute Gasteiger partial charge is 0.448 e. The summed E-state index contributed by atoms with van der Waals surface area (Å²) >= 11 is 0. The van der Waals surface area contributed by atoms with E-state index in [4.69, 9.17) is 9.47 Å². The summed E-state index contributed by atoms with van der Waals surface area (Å²) in [6, 6.07) is 13.8. The van der Waals surface area contributed by atoms with Crippen molar-refractivity contribution in [2.45, 2.75) is 51.0 Å². The first-order valence-corrected chi connectivity index (χ1v) is 9.87. The van der Waals surface area contributed by atoms with Crippen molar-refractivity contribution < 1.29 is 14.0 Å². The molecule has 134 valence electrons. The van der Waals surface area contributed by atoms with E-state index in [2.05, 4.69) is 65.7 Å². The van der Waals surface area contributed by atoms with Crippen LogP contribution in [0.4, 0.5) is 0 Å². The summed E-state index contributed by atoms with van der Waals surface area (Å²) in [6.45, 7) is 4.43. The molecule has 0 bridgehead atoms. The van der Waals surface area contributed by atoms with Gasteiger partial charge in [0.2, 0.25) is 0 Å². The number of hydrogen-bond acceptors (Lipinski definition) is 2. The van der Waals surface area contributed by atoms with Crippen LogP contribution in [-0.4, -0.2) is 16.8 Å². The molecule has 27 heavy (non-hydrogen) atoms. The molecule has 0 saturated heterocycles. The first-order valence-electron chi connectivity index (χ1n) is 9.87. The van der Waals surface area contributed by atoms with Crippen LogP contribution >= 0.6 is 0 Å². The molecule has 0 fully saturated rings. The zero-order chi connectivity index (χ0) is 17.9. The molecule has 2 aliphatic carbocycles. The van der Waals surface area contributed by atoms with Gasteiger partial charge < -0.3 is 9.47 Å². The van der Waals surface area contributed by atoms with Crippen molar-refractivity contribution in [1.29, 1.82) is 0 Å². The molecule has 2 aliphatic heterocycles. The summed E-state index contributed by atoms with van der Waals surface area (Å²) < 4.78 is 17.6. The van der Waals surface area contributed by atoms with E-state index in [9.17, 15) is 0 Å². The Morgan fingerprint density at radius 3 is 2.41 bits per heavy atom. The van der Waals surface area contributed by atoms with Crippen molar-refractivity contribution in [2.75, 3.05) is 0 Å². The van der Waals surface area contributed by atoms with Crippen LogP contribution in [0.1, 0.15) is 45.5 Å². The fourth-order valence-corrected chi connectivity index (χ4v) is 5.93. The molecule has 7 rings (SSSR count). The maximum absolute atomic E-state index is 6.45. The number of rotatable bonds is 0. The van der Waals surface area contributed by atoms with Crippen LogP contribution in [-0.2, 0) is 12.8 Å². The van der Waals surface area contributed by atoms with E-state index in [1.54, 1.807) is 0 Å². The summed E-state index contributed by atoms with van der Waals surface area (Å²) in [5.74, 6) is 1.84. The van der Waals surface area contributed by atoms with E-state index >= 15 is 0 Å². The van der Waals surface area contributed by atoms with Crippen LogP contribution in [0.15, 0.2) is 42.7 Å². The Morgan fingerprint density at radius 2 is 1.59 bits per heavy atom. The predicted octanol–water partition coefficient (Wildman–Crippen LogP) is 3.21. The Morgan fingerprint density at radius 1 is 0.889 bits per heavy atom. The summed E-state index contributed by atoms with van der Waals surface area (Å²) in [6.07, 6.45) is 4.61. The van der Waals surface area contributed by atoms with Crippen molar-refractivity contribution in [2.24, 2.45) is 0 Å². The molecule has 0 unspecified atom stereocenters. The minimum Gasteiger partial charge on any atom is -0.448 e. The zero-order valence-corrected chi connectivity index (χ0v) is 15.5. The lowest BCUT2D eigenvalue weighted by Crippen LogP contribution is -2.38. The Balaban J connectivity index is 1.40. The number of imidazole rings is 1. The number of ether oxygens (including phenoxy) is 2. The highest BCUT2D eigenvalue weighted by Gasteiger charge is 2.56. The highest BCUT2D eigenvalue weighted by molar-refractivity contribution is 5.48. The van der Waals surface area contributed by atoms with E-state index in [1.165, 1.54) is 33.4 Å². The van der Waals surface area contributed by atoms with Gasteiger partial charge in [0.05, 0.1) is 0 Å². The summed E-state index contributed by atoms with van der Waals surface area (Å²) in [5, 5.41) is 0. The van der Waals surface area contributed by atoms with E-state index in [-0.39, 0.29) is 24.3 Å². The minimum atomic E-state index is 0.195. The highest BCUT2D eigenvalue weighted by atomic mass is 16.6. The summed E-state index contributed by atoms with van der Waals surface area (Å²) in [5.41, 5.74) is 8.45. The van der Waals surface area contributed by atoms with Gasteiger partial charge in [0.15, 0.2) is 24.3 Å². The molecule has 3 aromatic rings. The topological polar surface area (TPSA) is 27.3 Å². The lowest BCUT2D eigenvalue weighted by molar-refractivity contribution is -0.697. The maximum Gasteiger partial charge on any atom is 0.373 e. The molecular weight excluding hydrogens is 336 g/mol. The van der Waals surface area contributed by atoms with E-state index in [0.29, 0.717) is 0 Å². The fraction of sp³-hybridized carbons (Fsp3) is 0.348. The highest BCUT2D eigenvalue weighted by Crippen LogP contribution is 2.51. The number of fused-ring (bicyclic) bond motifs is 11. The number of benzene rings is 2. The average molecular weight is 357 g/mol. The van der Waals surface area contributed by atoms with Crippen LogP contribution in [0.3, 0.4) is 0 Å². The fourth-order valence-electron chi connectivity index (χ4n) is 5.93. The molecular formula is C23H21N2O2+. The first-order chi connectivity index (χ1) is 13.2. The normalized spacial score (nSPS) is 27.9. The van der Waals surface area contributed by atoms with Gasteiger partial charge in [0.1, 0.15) is 0 Å². The maximum atomic E-state index is 6.45. The van der Waals surface area contributed by atoms with Crippen LogP contribution in [0.2, 0.25) is 0 Å². The molecule has 4 heteroatoms. The summed E-state index contributed by atoms with van der Waals surface area (Å²) in [7, 11) is 0. The second-order valence-electron chi connectivity index (χ2n) is 8.45. The molecule has 0 radical (unpaired) electrons. The second kappa shape index (κ2) is 4.56. The van der Waals surface area contributed by atoms with Gasteiger partial charge in [-0.1, -0.05) is 36.4 Å². The van der Waals surface area contributed by atoms with E-state index < -0.39 is 0 Å². The molecule has 4 aliphatic rings. The van der Waals surface area contributed by atoms with Gasteiger partial charge in [0.25, 0.3) is 6.33 Å². The number of nitrogens with zero attached hydrogens (tertiary/aromatic N) is 2. The molecule has 0 amide bonds. The quantitative estimate of drug-likeness (QED) is 0.578. The molecule has 0 N–H and O–H groups in total. The first kappa shape index (κ1) is 14.3. The van der Waals surface area contributed by atoms with Gasteiger partial charge in [0, 0.05) is 24.0 Å². The molecule has 4 atom stereocenters. The van der Waals surface area contributed by atoms with Gasteiger partial charge in [-0.05, 0) is 36.1 Å². The van der Waals surface area contributed by atoms with Crippen molar-refractivity contribution in [1.82, 2.24) is 4.57 Å². The molecule has 1 aromatic heterocycles. The monoisotopic (exact) mass is 357 g/mol. The second-order valence-corrected chi connectivity index (χ2v) is 8.45. The third-order valence-corrected chi connectivity index (χ3v) is 6.99. The van der Waals surface area contributed by atoms with Crippen molar-refractivity contribution in [3.8, 4) is 11.8 Å². The average Bonchev–Trinajstić information content (AvgIpc) is 3.37. The Kier molecular flexibility index (Phi) is 2.42. The molecule has 0 saturated carbocycles. The smallest absolute Gasteiger partial charge is 0.373 e. The van der Waals surface area contributed by atoms with Crippen LogP contribution in [0, 0.1) is 13.8 Å². The third-order valence-electron chi connectivity index (χ3n) is 6.99. The number of aryl methyl sites for hydroxylation is 2. The van der Waals surface area contributed by atoms with Gasteiger partial charge in [-0.15, -0.1) is 0 Å². The van der Waals surface area contributed by atoms with Crippen LogP contribution in [0.25, 0.3) is 0 Å². The van der Waals surface area contributed by atoms with Crippen molar-refractivity contribution in [3.63, 3.8) is 0 Å². The number of hydrogen-bond donors (Lipinski definition) is 0. The van der Waals surface area contributed by atoms with Crippen LogP contribution < -0.4 is 14.0 Å².